The number of nitrogens with zero attached hydrogens (tertiary/aromatic N) is 1. The molecule has 4 rings (SSSR count). The molecule has 0 aromatic heterocycles. The number of thioether (sulfide) groups is 1. The minimum Gasteiger partial charge on any atom is -0.508 e. The van der Waals surface area contributed by atoms with Crippen LogP contribution in [0, 0.1) is 11.8 Å². The van der Waals surface area contributed by atoms with Gasteiger partial charge in [0.2, 0.25) is 0 Å². The molecule has 4 heteroatoms. The smallest absolute Gasteiger partial charge is 0.140 e. The Hall–Kier alpha value is -1.83. The fraction of sp³-hybridized carbons (Fsp3) is 0.500. The van der Waals surface area contributed by atoms with Crippen molar-refractivity contribution < 1.29 is 9.84 Å². The molecule has 1 aromatic carbocycles. The Kier molecular flexibility index (Phi) is 5.02. The van der Waals surface area contributed by atoms with Gasteiger partial charge in [0.25, 0.3) is 0 Å². The number of aromatic hydroxyl groups is 1. The summed E-state index contributed by atoms with van der Waals surface area (Å²) in [6.07, 6.45) is 6.87. The van der Waals surface area contributed by atoms with Crippen LogP contribution < -0.4 is 4.90 Å². The topological polar surface area (TPSA) is 32.7 Å². The van der Waals surface area contributed by atoms with Gasteiger partial charge >= 0.3 is 0 Å². The van der Waals surface area contributed by atoms with Crippen molar-refractivity contribution in [1.29, 1.82) is 0 Å². The van der Waals surface area contributed by atoms with Crippen LogP contribution in [-0.4, -0.2) is 29.7 Å². The highest BCUT2D eigenvalue weighted by molar-refractivity contribution is 8.04. The number of benzene rings is 1. The first-order valence-corrected chi connectivity index (χ1v) is 11.1. The van der Waals surface area contributed by atoms with Gasteiger partial charge in [0.15, 0.2) is 0 Å². The van der Waals surface area contributed by atoms with E-state index >= 15 is 0 Å². The fourth-order valence-electron chi connectivity index (χ4n) is 4.11. The van der Waals surface area contributed by atoms with Gasteiger partial charge in [-0.05, 0) is 68.7 Å². The molecule has 1 aromatic rings. The van der Waals surface area contributed by atoms with Crippen LogP contribution in [-0.2, 0) is 10.2 Å². The highest BCUT2D eigenvalue weighted by atomic mass is 32.2. The van der Waals surface area contributed by atoms with E-state index in [1.54, 1.807) is 6.07 Å². The van der Waals surface area contributed by atoms with E-state index < -0.39 is 5.41 Å². The minimum atomic E-state index is -0.443. The zero-order chi connectivity index (χ0) is 19.9. The molecule has 3 aliphatic rings. The van der Waals surface area contributed by atoms with Gasteiger partial charge in [0.1, 0.15) is 17.4 Å². The van der Waals surface area contributed by atoms with E-state index in [9.17, 15) is 5.11 Å². The molecule has 0 saturated carbocycles. The second-order valence-corrected chi connectivity index (χ2v) is 9.32. The van der Waals surface area contributed by atoms with Gasteiger partial charge in [-0.3, -0.25) is 0 Å². The summed E-state index contributed by atoms with van der Waals surface area (Å²) < 4.78 is 6.20. The van der Waals surface area contributed by atoms with E-state index in [4.69, 9.17) is 4.74 Å². The summed E-state index contributed by atoms with van der Waals surface area (Å²) >= 11 is 1.88. The Balaban J connectivity index is 1.61. The normalized spacial score (nSPS) is 27.5. The highest BCUT2D eigenvalue weighted by Crippen LogP contribution is 2.52. The first-order chi connectivity index (χ1) is 13.4. The van der Waals surface area contributed by atoms with Crippen LogP contribution in [0.4, 0.5) is 5.69 Å². The van der Waals surface area contributed by atoms with E-state index in [0.717, 1.165) is 37.1 Å². The van der Waals surface area contributed by atoms with Crippen LogP contribution in [0.1, 0.15) is 52.0 Å². The van der Waals surface area contributed by atoms with Crippen LogP contribution in [0.2, 0.25) is 0 Å². The lowest BCUT2D eigenvalue weighted by atomic mass is 9.84. The van der Waals surface area contributed by atoms with Crippen LogP contribution in [0.15, 0.2) is 40.8 Å². The summed E-state index contributed by atoms with van der Waals surface area (Å²) in [5, 5.41) is 12.5. The van der Waals surface area contributed by atoms with E-state index in [1.807, 2.05) is 23.9 Å². The maximum absolute atomic E-state index is 10.2. The molecule has 0 bridgehead atoms. The van der Waals surface area contributed by atoms with Gasteiger partial charge in [0.05, 0.1) is 4.75 Å². The number of hydrogen-bond acceptors (Lipinski definition) is 4. The maximum Gasteiger partial charge on any atom is 0.140 e. The second-order valence-electron chi connectivity index (χ2n) is 8.12. The molecule has 2 aliphatic carbocycles. The van der Waals surface area contributed by atoms with Crippen molar-refractivity contribution in [1.82, 2.24) is 0 Å². The molecule has 148 valence electrons. The van der Waals surface area contributed by atoms with E-state index in [1.165, 1.54) is 17.6 Å². The second kappa shape index (κ2) is 7.21. The largest absolute Gasteiger partial charge is 0.508 e. The number of ether oxygens (including phenoxy) is 1. The third-order valence-electron chi connectivity index (χ3n) is 6.32. The first kappa shape index (κ1) is 19.5. The maximum atomic E-state index is 10.2. The SMILES string of the molecule is CCC1(S/C=C(\C)C2(c3cc(O)ccc3N(C)C3CCCCO3)C#C2)C=C1C. The third kappa shape index (κ3) is 3.36. The molecular formula is C24H29NO2S. The number of phenols is 1. The summed E-state index contributed by atoms with van der Waals surface area (Å²) in [6, 6.07) is 5.61. The molecule has 0 amide bonds. The van der Waals surface area contributed by atoms with E-state index in [2.05, 4.69) is 56.0 Å². The lowest BCUT2D eigenvalue weighted by Gasteiger charge is -2.35. The summed E-state index contributed by atoms with van der Waals surface area (Å²) in [7, 11) is 2.08. The van der Waals surface area contributed by atoms with Crippen LogP contribution >= 0.6 is 11.8 Å². The zero-order valence-corrected chi connectivity index (χ0v) is 18.0. The highest BCUT2D eigenvalue weighted by Gasteiger charge is 2.44. The van der Waals surface area contributed by atoms with Gasteiger partial charge in [-0.1, -0.05) is 30.4 Å². The monoisotopic (exact) mass is 395 g/mol. The number of hydrogen-bond donors (Lipinski definition) is 1. The molecule has 1 saturated heterocycles. The average Bonchev–Trinajstić information content (AvgIpc) is 3.63. The van der Waals surface area contributed by atoms with E-state index in [-0.39, 0.29) is 16.7 Å². The van der Waals surface area contributed by atoms with Crippen molar-refractivity contribution in [2.24, 2.45) is 0 Å². The molecule has 1 N–H and O–H groups in total. The summed E-state index contributed by atoms with van der Waals surface area (Å²) in [4.78, 5) is 2.21. The molecule has 1 heterocycles. The Bertz CT molecular complexity index is 893. The fourth-order valence-corrected chi connectivity index (χ4v) is 5.27. The molecule has 1 aliphatic heterocycles. The lowest BCUT2D eigenvalue weighted by molar-refractivity contribution is 0.0173. The van der Waals surface area contributed by atoms with Crippen molar-refractivity contribution in [3.8, 4) is 17.6 Å². The number of anilines is 1. The van der Waals surface area contributed by atoms with Crippen molar-refractivity contribution >= 4 is 17.4 Å². The summed E-state index contributed by atoms with van der Waals surface area (Å²) in [5.74, 6) is 6.97. The number of rotatable bonds is 7. The zero-order valence-electron chi connectivity index (χ0n) is 17.2. The van der Waals surface area contributed by atoms with Gasteiger partial charge in [-0.2, -0.15) is 0 Å². The van der Waals surface area contributed by atoms with Crippen molar-refractivity contribution in [3.05, 3.63) is 46.4 Å². The lowest BCUT2D eigenvalue weighted by Crippen LogP contribution is -2.37. The van der Waals surface area contributed by atoms with Crippen LogP contribution in [0.5, 0.6) is 5.75 Å². The predicted octanol–water partition coefficient (Wildman–Crippen LogP) is 5.36. The molecule has 2 atom stereocenters. The molecular weight excluding hydrogens is 366 g/mol. The van der Waals surface area contributed by atoms with Gasteiger partial charge in [-0.25, -0.2) is 0 Å². The van der Waals surface area contributed by atoms with Gasteiger partial charge in [-0.15, -0.1) is 11.8 Å². The number of phenolic OH excluding ortho intramolecular Hbond substituents is 1. The molecule has 2 unspecified atom stereocenters. The molecule has 28 heavy (non-hydrogen) atoms. The first-order valence-electron chi connectivity index (χ1n) is 10.2. The molecule has 3 nitrogen and oxygen atoms in total. The molecule has 0 spiro atoms. The summed E-state index contributed by atoms with van der Waals surface area (Å²) in [5.41, 5.74) is 4.32. The van der Waals surface area contributed by atoms with Crippen molar-refractivity contribution in [2.75, 3.05) is 18.6 Å². The quantitative estimate of drug-likeness (QED) is 0.498. The van der Waals surface area contributed by atoms with Crippen LogP contribution in [0.3, 0.4) is 0 Å². The Labute approximate surface area is 172 Å². The predicted molar refractivity (Wildman–Crippen MR) is 118 cm³/mol. The van der Waals surface area contributed by atoms with Crippen molar-refractivity contribution in [3.63, 3.8) is 0 Å². The number of allylic oxidation sites excluding steroid dienone is 1. The Morgan fingerprint density at radius 2 is 2.14 bits per heavy atom. The van der Waals surface area contributed by atoms with Crippen molar-refractivity contribution in [2.45, 2.75) is 62.8 Å². The van der Waals surface area contributed by atoms with E-state index in [0.29, 0.717) is 0 Å². The van der Waals surface area contributed by atoms with Gasteiger partial charge < -0.3 is 14.7 Å². The van der Waals surface area contributed by atoms with Crippen LogP contribution in [0.25, 0.3) is 0 Å². The molecule has 0 radical (unpaired) electrons. The Morgan fingerprint density at radius 3 is 2.71 bits per heavy atom. The van der Waals surface area contributed by atoms with Gasteiger partial charge in [0, 0.05) is 24.9 Å². The third-order valence-corrected chi connectivity index (χ3v) is 7.94. The minimum absolute atomic E-state index is 0.0770. The summed E-state index contributed by atoms with van der Waals surface area (Å²) in [6.45, 7) is 7.39. The average molecular weight is 396 g/mol. The standard InChI is InChI=1S/C24H29NO2S/c1-5-24(15-17(24)2)28-16-18(3)23(11-12-23)20-14-19(26)9-10-21(20)25(4)22-8-6-7-13-27-22/h9-10,14-16,22,26H,5-8,13H2,1-4H3/b18-16+. The molecule has 1 fully saturated rings. The Morgan fingerprint density at radius 1 is 1.39 bits per heavy atom.